The second-order valence-corrected chi connectivity index (χ2v) is 8.30. The number of anilines is 1. The van der Waals surface area contributed by atoms with Crippen molar-refractivity contribution >= 4 is 46.6 Å². The molecule has 1 N–H and O–H groups in total. The maximum Gasteiger partial charge on any atom is 0.234 e. The molecule has 0 atom stereocenters. The van der Waals surface area contributed by atoms with Gasteiger partial charge in [0.05, 0.1) is 15.8 Å². The SMILES string of the molecule is C=CCn1c(SCC(=O)Nc2cc(C)cc(C)c2)nnc1-c1ccc(Cl)c(Cl)c1. The maximum atomic E-state index is 12.4. The largest absolute Gasteiger partial charge is 0.325 e. The second-order valence-electron chi connectivity index (χ2n) is 6.55. The number of carbonyl (C=O) groups is 1. The molecule has 5 nitrogen and oxygen atoms in total. The second kappa shape index (κ2) is 9.48. The third-order valence-electron chi connectivity index (χ3n) is 4.04. The van der Waals surface area contributed by atoms with Gasteiger partial charge in [-0.15, -0.1) is 16.8 Å². The first-order valence-corrected chi connectivity index (χ1v) is 10.6. The van der Waals surface area contributed by atoms with Gasteiger partial charge in [0.15, 0.2) is 11.0 Å². The van der Waals surface area contributed by atoms with Gasteiger partial charge in [0.2, 0.25) is 5.91 Å². The van der Waals surface area contributed by atoms with E-state index in [1.807, 2.05) is 36.6 Å². The smallest absolute Gasteiger partial charge is 0.234 e. The van der Waals surface area contributed by atoms with Gasteiger partial charge in [-0.1, -0.05) is 47.1 Å². The minimum atomic E-state index is -0.107. The minimum Gasteiger partial charge on any atom is -0.325 e. The summed E-state index contributed by atoms with van der Waals surface area (Å²) in [5.41, 5.74) is 3.78. The molecule has 0 unspecified atom stereocenters. The Morgan fingerprint density at radius 2 is 1.86 bits per heavy atom. The zero-order valence-electron chi connectivity index (χ0n) is 16.1. The fourth-order valence-electron chi connectivity index (χ4n) is 2.91. The van der Waals surface area contributed by atoms with Crippen LogP contribution >= 0.6 is 35.0 Å². The quantitative estimate of drug-likeness (QED) is 0.368. The average Bonchev–Trinajstić information content (AvgIpc) is 3.04. The van der Waals surface area contributed by atoms with Crippen LogP contribution in [0.3, 0.4) is 0 Å². The topological polar surface area (TPSA) is 59.8 Å². The lowest BCUT2D eigenvalue weighted by atomic mass is 10.1. The number of carbonyl (C=O) groups excluding carboxylic acids is 1. The van der Waals surface area contributed by atoms with Crippen molar-refractivity contribution in [2.75, 3.05) is 11.1 Å². The van der Waals surface area contributed by atoms with Crippen LogP contribution in [0.25, 0.3) is 11.4 Å². The van der Waals surface area contributed by atoms with Crippen LogP contribution in [0, 0.1) is 13.8 Å². The molecular formula is C21H20Cl2N4OS. The fraction of sp³-hybridized carbons (Fsp3) is 0.190. The molecule has 0 aliphatic rings. The highest BCUT2D eigenvalue weighted by atomic mass is 35.5. The Hall–Kier alpha value is -2.28. The third kappa shape index (κ3) is 5.41. The van der Waals surface area contributed by atoms with Crippen molar-refractivity contribution in [3.63, 3.8) is 0 Å². The zero-order valence-corrected chi connectivity index (χ0v) is 18.4. The van der Waals surface area contributed by atoms with Crippen LogP contribution < -0.4 is 5.32 Å². The van der Waals surface area contributed by atoms with E-state index in [4.69, 9.17) is 23.2 Å². The predicted molar refractivity (Wildman–Crippen MR) is 121 cm³/mol. The monoisotopic (exact) mass is 446 g/mol. The summed E-state index contributed by atoms with van der Waals surface area (Å²) in [7, 11) is 0. The standard InChI is InChI=1S/C21H20Cl2N4OS/c1-4-7-27-20(15-5-6-17(22)18(23)11-15)25-26-21(27)29-12-19(28)24-16-9-13(2)8-14(3)10-16/h4-6,8-11H,1,7,12H2,2-3H3,(H,24,28). The number of aryl methyl sites for hydroxylation is 2. The molecule has 0 radical (unpaired) electrons. The maximum absolute atomic E-state index is 12.4. The molecule has 150 valence electrons. The summed E-state index contributed by atoms with van der Waals surface area (Å²) in [5.74, 6) is 0.744. The van der Waals surface area contributed by atoms with Crippen LogP contribution in [-0.4, -0.2) is 26.4 Å². The van der Waals surface area contributed by atoms with Gasteiger partial charge >= 0.3 is 0 Å². The summed E-state index contributed by atoms with van der Waals surface area (Å²) < 4.78 is 1.89. The average molecular weight is 447 g/mol. The van der Waals surface area contributed by atoms with Crippen molar-refractivity contribution in [1.82, 2.24) is 14.8 Å². The molecule has 0 spiro atoms. The summed E-state index contributed by atoms with van der Waals surface area (Å²) in [6.45, 7) is 8.30. The molecular weight excluding hydrogens is 427 g/mol. The molecule has 0 bridgehead atoms. The van der Waals surface area contributed by atoms with Crippen LogP contribution in [0.15, 0.2) is 54.2 Å². The molecule has 0 saturated carbocycles. The van der Waals surface area contributed by atoms with Gasteiger partial charge in [-0.3, -0.25) is 9.36 Å². The summed E-state index contributed by atoms with van der Waals surface area (Å²) in [5, 5.41) is 13.0. The molecule has 8 heteroatoms. The molecule has 1 amide bonds. The number of hydrogen-bond acceptors (Lipinski definition) is 4. The van der Waals surface area contributed by atoms with Gasteiger partial charge in [0.1, 0.15) is 0 Å². The minimum absolute atomic E-state index is 0.107. The Morgan fingerprint density at radius 1 is 1.14 bits per heavy atom. The van der Waals surface area contributed by atoms with Crippen LogP contribution in [-0.2, 0) is 11.3 Å². The number of halogens is 2. The summed E-state index contributed by atoms with van der Waals surface area (Å²) in [4.78, 5) is 12.4. The number of hydrogen-bond donors (Lipinski definition) is 1. The molecule has 3 aromatic rings. The lowest BCUT2D eigenvalue weighted by molar-refractivity contribution is -0.113. The molecule has 0 fully saturated rings. The summed E-state index contributed by atoms with van der Waals surface area (Å²) in [6, 6.07) is 11.2. The van der Waals surface area contributed by atoms with Crippen molar-refractivity contribution < 1.29 is 4.79 Å². The van der Waals surface area contributed by atoms with E-state index < -0.39 is 0 Å². The Labute approximate surface area is 184 Å². The van der Waals surface area contributed by atoms with E-state index >= 15 is 0 Å². The number of benzene rings is 2. The Bertz CT molecular complexity index is 1040. The normalized spacial score (nSPS) is 10.8. The Morgan fingerprint density at radius 3 is 2.52 bits per heavy atom. The van der Waals surface area contributed by atoms with E-state index in [1.54, 1.807) is 18.2 Å². The van der Waals surface area contributed by atoms with Crippen LogP contribution in [0.5, 0.6) is 0 Å². The van der Waals surface area contributed by atoms with Gasteiger partial charge in [-0.25, -0.2) is 0 Å². The highest BCUT2D eigenvalue weighted by Crippen LogP contribution is 2.29. The van der Waals surface area contributed by atoms with Gasteiger partial charge in [-0.2, -0.15) is 0 Å². The lowest BCUT2D eigenvalue weighted by Crippen LogP contribution is -2.15. The molecule has 0 saturated heterocycles. The first-order chi connectivity index (χ1) is 13.9. The van der Waals surface area contributed by atoms with E-state index in [2.05, 4.69) is 28.2 Å². The number of nitrogens with one attached hydrogen (secondary N) is 1. The van der Waals surface area contributed by atoms with E-state index in [9.17, 15) is 4.79 Å². The van der Waals surface area contributed by atoms with Crippen molar-refractivity contribution in [2.45, 2.75) is 25.5 Å². The van der Waals surface area contributed by atoms with E-state index in [1.165, 1.54) is 11.8 Å². The number of rotatable bonds is 7. The molecule has 0 aliphatic heterocycles. The number of aromatic nitrogens is 3. The molecule has 1 heterocycles. The molecule has 2 aromatic carbocycles. The molecule has 0 aliphatic carbocycles. The summed E-state index contributed by atoms with van der Waals surface area (Å²) in [6.07, 6.45) is 1.75. The number of allylic oxidation sites excluding steroid dienone is 1. The number of amides is 1. The van der Waals surface area contributed by atoms with Gasteiger partial charge in [0.25, 0.3) is 0 Å². The van der Waals surface area contributed by atoms with E-state index in [-0.39, 0.29) is 11.7 Å². The van der Waals surface area contributed by atoms with Crippen molar-refractivity contribution in [3.05, 3.63) is 70.2 Å². The first-order valence-electron chi connectivity index (χ1n) is 8.88. The highest BCUT2D eigenvalue weighted by Gasteiger charge is 2.16. The lowest BCUT2D eigenvalue weighted by Gasteiger charge is -2.09. The molecule has 3 rings (SSSR count). The van der Waals surface area contributed by atoms with Crippen molar-refractivity contribution in [3.8, 4) is 11.4 Å². The molecule has 1 aromatic heterocycles. The Kier molecular flexibility index (Phi) is 7.00. The molecule has 29 heavy (non-hydrogen) atoms. The van der Waals surface area contributed by atoms with Crippen LogP contribution in [0.2, 0.25) is 10.0 Å². The van der Waals surface area contributed by atoms with Gasteiger partial charge < -0.3 is 5.32 Å². The van der Waals surface area contributed by atoms with Crippen LogP contribution in [0.1, 0.15) is 11.1 Å². The van der Waals surface area contributed by atoms with Crippen molar-refractivity contribution in [1.29, 1.82) is 0 Å². The fourth-order valence-corrected chi connectivity index (χ4v) is 3.96. The zero-order chi connectivity index (χ0) is 21.0. The number of nitrogens with zero attached hydrogens (tertiary/aromatic N) is 3. The van der Waals surface area contributed by atoms with E-state index in [0.717, 1.165) is 22.4 Å². The predicted octanol–water partition coefficient (Wildman–Crippen LogP) is 5.79. The third-order valence-corrected chi connectivity index (χ3v) is 5.75. The highest BCUT2D eigenvalue weighted by molar-refractivity contribution is 7.99. The van der Waals surface area contributed by atoms with Crippen LogP contribution in [0.4, 0.5) is 5.69 Å². The number of thioether (sulfide) groups is 1. The Balaban J connectivity index is 1.75. The van der Waals surface area contributed by atoms with Gasteiger partial charge in [0, 0.05) is 17.8 Å². The summed E-state index contributed by atoms with van der Waals surface area (Å²) >= 11 is 13.5. The van der Waals surface area contributed by atoms with Crippen molar-refractivity contribution in [2.24, 2.45) is 0 Å². The first kappa shape index (κ1) is 21.4. The van der Waals surface area contributed by atoms with Gasteiger partial charge in [-0.05, 0) is 55.3 Å². The van der Waals surface area contributed by atoms with E-state index in [0.29, 0.717) is 27.6 Å².